The molecule has 0 aliphatic carbocycles. The molecule has 0 amide bonds. The van der Waals surface area contributed by atoms with E-state index in [1.165, 1.54) is 12.0 Å². The number of methoxy groups -OCH3 is 1. The van der Waals surface area contributed by atoms with Crippen molar-refractivity contribution in [2.24, 2.45) is 0 Å². The number of carbonyl (C=O) groups is 1. The maximum atomic E-state index is 11.0. The molecule has 4 heteroatoms. The molecular weight excluding hydrogens is 210 g/mol. The number of hydrogen-bond acceptors (Lipinski definition) is 4. The van der Waals surface area contributed by atoms with Gasteiger partial charge in [-0.1, -0.05) is 6.92 Å². The van der Waals surface area contributed by atoms with Crippen LogP contribution in [0.4, 0.5) is 0 Å². The van der Waals surface area contributed by atoms with Crippen molar-refractivity contribution in [2.75, 3.05) is 13.7 Å². The van der Waals surface area contributed by atoms with E-state index in [1.807, 2.05) is 6.07 Å². The molecule has 3 nitrogen and oxygen atoms in total. The molecule has 15 heavy (non-hydrogen) atoms. The van der Waals surface area contributed by atoms with Gasteiger partial charge in [-0.3, -0.25) is 4.79 Å². The van der Waals surface area contributed by atoms with Crippen LogP contribution in [0.2, 0.25) is 0 Å². The summed E-state index contributed by atoms with van der Waals surface area (Å²) < 4.78 is 4.61. The molecular formula is C11H17NO2S. The van der Waals surface area contributed by atoms with E-state index >= 15 is 0 Å². The summed E-state index contributed by atoms with van der Waals surface area (Å²) in [7, 11) is 1.42. The minimum absolute atomic E-state index is 0.176. The fourth-order valence-electron chi connectivity index (χ4n) is 1.22. The molecule has 1 heterocycles. The van der Waals surface area contributed by atoms with Crippen LogP contribution in [-0.4, -0.2) is 19.6 Å². The summed E-state index contributed by atoms with van der Waals surface area (Å²) in [6, 6.07) is 4.05. The molecule has 0 unspecified atom stereocenters. The molecule has 1 aromatic heterocycles. The number of esters is 1. The van der Waals surface area contributed by atoms with Crippen molar-refractivity contribution in [3.05, 3.63) is 21.9 Å². The van der Waals surface area contributed by atoms with E-state index in [2.05, 4.69) is 23.0 Å². The third kappa shape index (κ3) is 4.44. The number of thiophene rings is 1. The van der Waals surface area contributed by atoms with Crippen LogP contribution in [0.15, 0.2) is 12.1 Å². The van der Waals surface area contributed by atoms with Crippen molar-refractivity contribution in [1.82, 2.24) is 5.32 Å². The highest BCUT2D eigenvalue weighted by Gasteiger charge is 2.05. The second kappa shape index (κ2) is 6.58. The van der Waals surface area contributed by atoms with Gasteiger partial charge in [0.2, 0.25) is 0 Å². The van der Waals surface area contributed by atoms with Crippen LogP contribution in [0.25, 0.3) is 0 Å². The predicted molar refractivity (Wildman–Crippen MR) is 62.0 cm³/mol. The van der Waals surface area contributed by atoms with E-state index in [0.29, 0.717) is 6.42 Å². The minimum Gasteiger partial charge on any atom is -0.469 e. The van der Waals surface area contributed by atoms with Crippen LogP contribution in [0, 0.1) is 0 Å². The van der Waals surface area contributed by atoms with Crippen molar-refractivity contribution >= 4 is 17.3 Å². The number of rotatable bonds is 6. The summed E-state index contributed by atoms with van der Waals surface area (Å²) in [5.74, 6) is -0.176. The van der Waals surface area contributed by atoms with Gasteiger partial charge in [0.15, 0.2) is 0 Å². The lowest BCUT2D eigenvalue weighted by molar-refractivity contribution is -0.139. The average Bonchev–Trinajstić information content (AvgIpc) is 2.66. The first-order chi connectivity index (χ1) is 7.26. The van der Waals surface area contributed by atoms with Gasteiger partial charge in [0.25, 0.3) is 0 Å². The van der Waals surface area contributed by atoms with Gasteiger partial charge in [-0.05, 0) is 25.1 Å². The van der Waals surface area contributed by atoms with E-state index in [1.54, 1.807) is 11.3 Å². The summed E-state index contributed by atoms with van der Waals surface area (Å²) in [6.07, 6.45) is 1.52. The second-order valence-corrected chi connectivity index (χ2v) is 4.55. The molecule has 0 aliphatic rings. The van der Waals surface area contributed by atoms with Gasteiger partial charge in [0.1, 0.15) is 0 Å². The standard InChI is InChI=1S/C11H17NO2S/c1-3-6-12-8-10-5-4-9(15-10)7-11(13)14-2/h4-5,12H,3,6-8H2,1-2H3. The zero-order valence-corrected chi connectivity index (χ0v) is 10.0. The molecule has 0 fully saturated rings. The fraction of sp³-hybridized carbons (Fsp3) is 0.545. The number of carbonyl (C=O) groups excluding carboxylic acids is 1. The average molecular weight is 227 g/mol. The van der Waals surface area contributed by atoms with E-state index in [9.17, 15) is 4.79 Å². The molecule has 0 radical (unpaired) electrons. The highest BCUT2D eigenvalue weighted by Crippen LogP contribution is 2.17. The van der Waals surface area contributed by atoms with Crippen LogP contribution in [0.5, 0.6) is 0 Å². The third-order valence-corrected chi connectivity index (χ3v) is 3.07. The van der Waals surface area contributed by atoms with Gasteiger partial charge < -0.3 is 10.1 Å². The highest BCUT2D eigenvalue weighted by atomic mass is 32.1. The first kappa shape index (κ1) is 12.2. The summed E-state index contributed by atoms with van der Waals surface area (Å²) in [4.78, 5) is 13.4. The molecule has 0 saturated carbocycles. The molecule has 0 spiro atoms. The normalized spacial score (nSPS) is 10.3. The van der Waals surface area contributed by atoms with Crippen LogP contribution in [0.1, 0.15) is 23.1 Å². The fourth-order valence-corrected chi connectivity index (χ4v) is 2.19. The Morgan fingerprint density at radius 1 is 1.47 bits per heavy atom. The monoisotopic (exact) mass is 227 g/mol. The molecule has 0 aliphatic heterocycles. The van der Waals surface area contributed by atoms with Gasteiger partial charge >= 0.3 is 5.97 Å². The van der Waals surface area contributed by atoms with Crippen molar-refractivity contribution in [3.8, 4) is 0 Å². The Morgan fingerprint density at radius 3 is 2.87 bits per heavy atom. The number of ether oxygens (including phenoxy) is 1. The van der Waals surface area contributed by atoms with Crippen molar-refractivity contribution in [2.45, 2.75) is 26.3 Å². The van der Waals surface area contributed by atoms with Crippen LogP contribution in [-0.2, 0) is 22.5 Å². The van der Waals surface area contributed by atoms with Crippen molar-refractivity contribution in [1.29, 1.82) is 0 Å². The smallest absolute Gasteiger partial charge is 0.310 e. The molecule has 0 saturated heterocycles. The highest BCUT2D eigenvalue weighted by molar-refractivity contribution is 7.12. The summed E-state index contributed by atoms with van der Waals surface area (Å²) in [5, 5.41) is 3.33. The lowest BCUT2D eigenvalue weighted by Crippen LogP contribution is -2.12. The first-order valence-electron chi connectivity index (χ1n) is 5.11. The molecule has 84 valence electrons. The number of hydrogen-bond donors (Lipinski definition) is 1. The third-order valence-electron chi connectivity index (χ3n) is 1.99. The molecule has 0 atom stereocenters. The topological polar surface area (TPSA) is 38.3 Å². The largest absolute Gasteiger partial charge is 0.469 e. The molecule has 0 bridgehead atoms. The van der Waals surface area contributed by atoms with Crippen molar-refractivity contribution in [3.63, 3.8) is 0 Å². The summed E-state index contributed by atoms with van der Waals surface area (Å²) >= 11 is 1.66. The van der Waals surface area contributed by atoms with Gasteiger partial charge in [0.05, 0.1) is 13.5 Å². The summed E-state index contributed by atoms with van der Waals surface area (Å²) in [5.41, 5.74) is 0. The Kier molecular flexibility index (Phi) is 5.36. The SMILES string of the molecule is CCCNCc1ccc(CC(=O)OC)s1. The Hall–Kier alpha value is -0.870. The molecule has 1 rings (SSSR count). The second-order valence-electron chi connectivity index (χ2n) is 3.30. The Morgan fingerprint density at radius 2 is 2.20 bits per heavy atom. The lowest BCUT2D eigenvalue weighted by Gasteiger charge is -1.99. The van der Waals surface area contributed by atoms with Gasteiger partial charge in [0, 0.05) is 16.3 Å². The zero-order chi connectivity index (χ0) is 11.1. The van der Waals surface area contributed by atoms with Gasteiger partial charge in [-0.15, -0.1) is 11.3 Å². The minimum atomic E-state index is -0.176. The van der Waals surface area contributed by atoms with Crippen LogP contribution < -0.4 is 5.32 Å². The van der Waals surface area contributed by atoms with Crippen molar-refractivity contribution < 1.29 is 9.53 Å². The maximum absolute atomic E-state index is 11.0. The van der Waals surface area contributed by atoms with E-state index < -0.39 is 0 Å². The predicted octanol–water partition coefficient (Wildman–Crippen LogP) is 1.96. The van der Waals surface area contributed by atoms with Gasteiger partial charge in [-0.25, -0.2) is 0 Å². The molecule has 0 aromatic carbocycles. The van der Waals surface area contributed by atoms with Gasteiger partial charge in [-0.2, -0.15) is 0 Å². The number of nitrogens with one attached hydrogen (secondary N) is 1. The lowest BCUT2D eigenvalue weighted by atomic mass is 10.3. The van der Waals surface area contributed by atoms with E-state index in [-0.39, 0.29) is 5.97 Å². The Labute approximate surface area is 94.5 Å². The van der Waals surface area contributed by atoms with E-state index in [4.69, 9.17) is 0 Å². The van der Waals surface area contributed by atoms with Crippen LogP contribution >= 0.6 is 11.3 Å². The maximum Gasteiger partial charge on any atom is 0.310 e. The Bertz CT molecular complexity index is 309. The molecule has 1 aromatic rings. The van der Waals surface area contributed by atoms with Crippen LogP contribution in [0.3, 0.4) is 0 Å². The zero-order valence-electron chi connectivity index (χ0n) is 9.21. The molecule has 1 N–H and O–H groups in total. The first-order valence-corrected chi connectivity index (χ1v) is 5.93. The Balaban J connectivity index is 2.38. The summed E-state index contributed by atoms with van der Waals surface area (Å²) in [6.45, 7) is 4.06. The van der Waals surface area contributed by atoms with E-state index in [0.717, 1.165) is 24.4 Å². The quantitative estimate of drug-likeness (QED) is 0.596.